The minimum Gasteiger partial charge on any atom is -0.306 e. The molecule has 0 unspecified atom stereocenters. The zero-order valence-corrected chi connectivity index (χ0v) is 14.0. The number of imidazole rings is 1. The van der Waals surface area contributed by atoms with Crippen molar-refractivity contribution in [3.8, 4) is 5.69 Å². The van der Waals surface area contributed by atoms with Gasteiger partial charge in [-0.2, -0.15) is 0 Å². The number of hydrogen-bond acceptors (Lipinski definition) is 3. The third kappa shape index (κ3) is 3.92. The van der Waals surface area contributed by atoms with Crippen LogP contribution in [0.25, 0.3) is 5.69 Å². The molecule has 25 heavy (non-hydrogen) atoms. The summed E-state index contributed by atoms with van der Waals surface area (Å²) in [6.45, 7) is 1.65. The Hall–Kier alpha value is -2.58. The summed E-state index contributed by atoms with van der Waals surface area (Å²) in [6, 6.07) is 8.79. The van der Waals surface area contributed by atoms with E-state index in [0.717, 1.165) is 17.8 Å². The predicted octanol–water partition coefficient (Wildman–Crippen LogP) is 3.19. The first kappa shape index (κ1) is 17.2. The van der Waals surface area contributed by atoms with Gasteiger partial charge in [0.2, 0.25) is 10.0 Å². The van der Waals surface area contributed by atoms with Crippen molar-refractivity contribution in [1.29, 1.82) is 0 Å². The molecule has 1 N–H and O–H groups in total. The van der Waals surface area contributed by atoms with Crippen molar-refractivity contribution >= 4 is 10.0 Å². The van der Waals surface area contributed by atoms with Crippen LogP contribution in [-0.2, 0) is 10.0 Å². The maximum atomic E-state index is 13.3. The van der Waals surface area contributed by atoms with Gasteiger partial charge in [-0.15, -0.1) is 0 Å². The highest BCUT2D eigenvalue weighted by Gasteiger charge is 2.20. The van der Waals surface area contributed by atoms with Gasteiger partial charge in [-0.3, -0.25) is 0 Å². The number of nitrogens with one attached hydrogen (secondary N) is 1. The van der Waals surface area contributed by atoms with E-state index in [9.17, 15) is 17.2 Å². The molecule has 0 saturated carbocycles. The van der Waals surface area contributed by atoms with Crippen LogP contribution in [0.4, 0.5) is 8.78 Å². The zero-order valence-electron chi connectivity index (χ0n) is 13.2. The molecule has 0 aliphatic rings. The van der Waals surface area contributed by atoms with Crippen LogP contribution < -0.4 is 4.72 Å². The fourth-order valence-corrected chi connectivity index (χ4v) is 3.67. The summed E-state index contributed by atoms with van der Waals surface area (Å²) in [5.41, 5.74) is 1.59. The molecule has 5 nitrogen and oxygen atoms in total. The standard InChI is InChI=1S/C17H15F2N3O2S/c1-12(13-2-4-16(5-3-13)22-7-6-20-11-22)21-25(23,24)17-9-14(18)8-15(19)10-17/h2-12,21H,1H3/t12-/m0/s1. The van der Waals surface area contributed by atoms with Crippen LogP contribution >= 0.6 is 0 Å². The number of hydrogen-bond donors (Lipinski definition) is 1. The largest absolute Gasteiger partial charge is 0.306 e. The predicted molar refractivity (Wildman–Crippen MR) is 88.7 cm³/mol. The van der Waals surface area contributed by atoms with Crippen molar-refractivity contribution in [3.63, 3.8) is 0 Å². The molecular formula is C17H15F2N3O2S. The number of nitrogens with zero attached hydrogens (tertiary/aromatic N) is 2. The van der Waals surface area contributed by atoms with E-state index in [4.69, 9.17) is 0 Å². The van der Waals surface area contributed by atoms with E-state index in [-0.39, 0.29) is 0 Å². The number of sulfonamides is 1. The number of benzene rings is 2. The molecule has 0 bridgehead atoms. The molecule has 130 valence electrons. The van der Waals surface area contributed by atoms with E-state index in [1.165, 1.54) is 0 Å². The van der Waals surface area contributed by atoms with Gasteiger partial charge in [0.15, 0.2) is 0 Å². The second-order valence-electron chi connectivity index (χ2n) is 5.51. The Morgan fingerprint density at radius 3 is 2.28 bits per heavy atom. The van der Waals surface area contributed by atoms with Crippen molar-refractivity contribution in [1.82, 2.24) is 14.3 Å². The summed E-state index contributed by atoms with van der Waals surface area (Å²) in [5.74, 6) is -1.89. The molecule has 8 heteroatoms. The Morgan fingerprint density at radius 2 is 1.72 bits per heavy atom. The molecule has 0 aliphatic heterocycles. The molecule has 0 saturated heterocycles. The normalized spacial score (nSPS) is 12.9. The monoisotopic (exact) mass is 363 g/mol. The van der Waals surface area contributed by atoms with Crippen molar-refractivity contribution in [2.75, 3.05) is 0 Å². The molecule has 0 spiro atoms. The maximum Gasteiger partial charge on any atom is 0.241 e. The molecule has 2 aromatic carbocycles. The zero-order chi connectivity index (χ0) is 18.0. The van der Waals surface area contributed by atoms with Crippen LogP contribution in [0.3, 0.4) is 0 Å². The van der Waals surface area contributed by atoms with E-state index in [0.29, 0.717) is 11.6 Å². The quantitative estimate of drug-likeness (QED) is 0.757. The Bertz CT molecular complexity index is 951. The number of rotatable bonds is 5. The Balaban J connectivity index is 1.80. The third-order valence-corrected chi connectivity index (χ3v) is 5.19. The molecule has 0 amide bonds. The second-order valence-corrected chi connectivity index (χ2v) is 7.22. The molecule has 1 heterocycles. The van der Waals surface area contributed by atoms with E-state index in [1.807, 2.05) is 16.7 Å². The highest BCUT2D eigenvalue weighted by atomic mass is 32.2. The van der Waals surface area contributed by atoms with E-state index >= 15 is 0 Å². The lowest BCUT2D eigenvalue weighted by Gasteiger charge is -2.15. The van der Waals surface area contributed by atoms with Crippen LogP contribution in [0.5, 0.6) is 0 Å². The molecule has 1 aromatic heterocycles. The number of halogens is 2. The SMILES string of the molecule is C[C@H](NS(=O)(=O)c1cc(F)cc(F)c1)c1ccc(-n2ccnc2)cc1. The molecule has 0 aliphatic carbocycles. The van der Waals surface area contributed by atoms with E-state index in [1.54, 1.807) is 37.8 Å². The first-order valence-corrected chi connectivity index (χ1v) is 8.90. The van der Waals surface area contributed by atoms with Crippen LogP contribution in [0, 0.1) is 11.6 Å². The van der Waals surface area contributed by atoms with Crippen molar-refractivity contribution in [2.24, 2.45) is 0 Å². The minimum atomic E-state index is -4.05. The van der Waals surface area contributed by atoms with Gasteiger partial charge >= 0.3 is 0 Å². The second kappa shape index (κ2) is 6.73. The van der Waals surface area contributed by atoms with Gasteiger partial charge in [-0.25, -0.2) is 26.9 Å². The topological polar surface area (TPSA) is 64.0 Å². The summed E-state index contributed by atoms with van der Waals surface area (Å²) >= 11 is 0. The van der Waals surface area contributed by atoms with Gasteiger partial charge in [-0.1, -0.05) is 12.1 Å². The van der Waals surface area contributed by atoms with Crippen LogP contribution in [0.1, 0.15) is 18.5 Å². The molecule has 3 rings (SSSR count). The average molecular weight is 363 g/mol. The van der Waals surface area contributed by atoms with Crippen molar-refractivity contribution < 1.29 is 17.2 Å². The van der Waals surface area contributed by atoms with Gasteiger partial charge in [0, 0.05) is 30.2 Å². The minimum absolute atomic E-state index is 0.452. The van der Waals surface area contributed by atoms with Crippen LogP contribution in [0.2, 0.25) is 0 Å². The van der Waals surface area contributed by atoms with Crippen molar-refractivity contribution in [3.05, 3.63) is 78.4 Å². The lowest BCUT2D eigenvalue weighted by atomic mass is 10.1. The fourth-order valence-electron chi connectivity index (χ4n) is 2.40. The van der Waals surface area contributed by atoms with Gasteiger partial charge in [0.05, 0.1) is 11.2 Å². The first-order chi connectivity index (χ1) is 11.8. The molecule has 1 atom stereocenters. The summed E-state index contributed by atoms with van der Waals surface area (Å²) in [4.78, 5) is 3.51. The van der Waals surface area contributed by atoms with Gasteiger partial charge < -0.3 is 4.57 Å². The summed E-state index contributed by atoms with van der Waals surface area (Å²) in [5, 5.41) is 0. The highest BCUT2D eigenvalue weighted by molar-refractivity contribution is 7.89. The molecular weight excluding hydrogens is 348 g/mol. The summed E-state index contributed by atoms with van der Waals surface area (Å²) in [7, 11) is -4.05. The summed E-state index contributed by atoms with van der Waals surface area (Å²) in [6.07, 6.45) is 5.10. The highest BCUT2D eigenvalue weighted by Crippen LogP contribution is 2.20. The molecule has 0 fully saturated rings. The molecule has 3 aromatic rings. The Kier molecular flexibility index (Phi) is 4.65. The Labute approximate surface area is 144 Å². The lowest BCUT2D eigenvalue weighted by molar-refractivity contribution is 0.553. The molecule has 0 radical (unpaired) electrons. The van der Waals surface area contributed by atoms with Gasteiger partial charge in [0.1, 0.15) is 11.6 Å². The third-order valence-electron chi connectivity index (χ3n) is 3.67. The average Bonchev–Trinajstić information content (AvgIpc) is 3.08. The lowest BCUT2D eigenvalue weighted by Crippen LogP contribution is -2.27. The number of aromatic nitrogens is 2. The smallest absolute Gasteiger partial charge is 0.241 e. The van der Waals surface area contributed by atoms with E-state index < -0.39 is 32.6 Å². The van der Waals surface area contributed by atoms with Crippen LogP contribution in [-0.4, -0.2) is 18.0 Å². The Morgan fingerprint density at radius 1 is 1.08 bits per heavy atom. The first-order valence-electron chi connectivity index (χ1n) is 7.42. The fraction of sp³-hybridized carbons (Fsp3) is 0.118. The van der Waals surface area contributed by atoms with E-state index in [2.05, 4.69) is 9.71 Å². The maximum absolute atomic E-state index is 13.3. The van der Waals surface area contributed by atoms with Gasteiger partial charge in [0.25, 0.3) is 0 Å². The summed E-state index contributed by atoms with van der Waals surface area (Å²) < 4.78 is 55.4. The van der Waals surface area contributed by atoms with Crippen molar-refractivity contribution in [2.45, 2.75) is 17.9 Å². The van der Waals surface area contributed by atoms with Gasteiger partial charge in [-0.05, 0) is 36.8 Å². The van der Waals surface area contributed by atoms with Crippen LogP contribution in [0.15, 0.2) is 66.1 Å².